The Labute approximate surface area is 229 Å². The summed E-state index contributed by atoms with van der Waals surface area (Å²) >= 11 is 10.6. The molecule has 4 aromatic rings. The number of amides is 1. The van der Waals surface area contributed by atoms with Crippen LogP contribution in [0.1, 0.15) is 20.8 Å². The number of aromatic nitrogens is 4. The van der Waals surface area contributed by atoms with Gasteiger partial charge in [-0.2, -0.15) is 9.97 Å². The molecule has 0 spiro atoms. The number of nitrogens with zero attached hydrogens (tertiary/aromatic N) is 6. The van der Waals surface area contributed by atoms with E-state index >= 15 is 4.39 Å². The molecule has 1 fully saturated rings. The van der Waals surface area contributed by atoms with E-state index in [1.54, 1.807) is 23.4 Å². The lowest BCUT2D eigenvalue weighted by molar-refractivity contribution is 0.0240. The predicted octanol–water partition coefficient (Wildman–Crippen LogP) is 5.36. The number of thiol groups is 1. The summed E-state index contributed by atoms with van der Waals surface area (Å²) in [5, 5.41) is 2.30. The molecule has 5 rings (SSSR count). The lowest BCUT2D eigenvalue weighted by Gasteiger charge is -2.36. The molecule has 0 unspecified atom stereocenters. The molecular weight excluding hydrogens is 531 g/mol. The molecule has 1 aliphatic heterocycles. The van der Waals surface area contributed by atoms with Crippen LogP contribution in [0, 0.1) is 5.82 Å². The van der Waals surface area contributed by atoms with E-state index in [0.717, 1.165) is 5.39 Å². The molecule has 12 heteroatoms. The zero-order chi connectivity index (χ0) is 27.0. The van der Waals surface area contributed by atoms with E-state index in [1.165, 1.54) is 6.20 Å². The van der Waals surface area contributed by atoms with Crippen LogP contribution < -0.4 is 9.64 Å². The molecule has 38 heavy (non-hydrogen) atoms. The first kappa shape index (κ1) is 26.2. The molecule has 1 saturated heterocycles. The molecule has 1 amide bonds. The van der Waals surface area contributed by atoms with E-state index in [4.69, 9.17) is 21.1 Å². The van der Waals surface area contributed by atoms with Crippen LogP contribution in [0.3, 0.4) is 0 Å². The number of rotatable bonds is 4. The van der Waals surface area contributed by atoms with Crippen molar-refractivity contribution in [2.24, 2.45) is 0 Å². The van der Waals surface area contributed by atoms with Crippen LogP contribution in [0.25, 0.3) is 32.9 Å². The number of carbonyl (C=O) groups is 1. The minimum Gasteiger partial charge on any atom is -0.453 e. The summed E-state index contributed by atoms with van der Waals surface area (Å²) in [6.07, 6.45) is 4.38. The molecule has 0 radical (unpaired) electrons. The van der Waals surface area contributed by atoms with Gasteiger partial charge in [0.2, 0.25) is 0 Å². The molecule has 0 N–H and O–H groups in total. The Hall–Kier alpha value is -3.44. The van der Waals surface area contributed by atoms with Crippen LogP contribution in [0.2, 0.25) is 5.02 Å². The summed E-state index contributed by atoms with van der Waals surface area (Å²) in [5.41, 5.74) is -0.00777. The average Bonchev–Trinajstić information content (AvgIpc) is 2.88. The third kappa shape index (κ3) is 5.12. The fourth-order valence-corrected chi connectivity index (χ4v) is 4.77. The number of carbonyl (C=O) groups excluding carboxylic acids is 1. The Morgan fingerprint density at radius 3 is 2.61 bits per heavy atom. The third-order valence-electron chi connectivity index (χ3n) is 6.06. The smallest absolute Gasteiger partial charge is 0.410 e. The highest BCUT2D eigenvalue weighted by Gasteiger charge is 2.28. The number of piperazine rings is 1. The van der Waals surface area contributed by atoms with Crippen molar-refractivity contribution in [3.05, 3.63) is 47.6 Å². The Morgan fingerprint density at radius 2 is 1.89 bits per heavy atom. The van der Waals surface area contributed by atoms with Gasteiger partial charge in [-0.05, 0) is 26.8 Å². The van der Waals surface area contributed by atoms with E-state index in [-0.39, 0.29) is 29.3 Å². The van der Waals surface area contributed by atoms with Gasteiger partial charge in [0.25, 0.3) is 0 Å². The quantitative estimate of drug-likeness (QED) is 0.265. The molecule has 0 atom stereocenters. The van der Waals surface area contributed by atoms with Crippen molar-refractivity contribution in [2.75, 3.05) is 37.0 Å². The van der Waals surface area contributed by atoms with Gasteiger partial charge in [0, 0.05) is 66.1 Å². The molecule has 0 aliphatic carbocycles. The van der Waals surface area contributed by atoms with Gasteiger partial charge in [0.1, 0.15) is 28.6 Å². The molecule has 4 heterocycles. The summed E-state index contributed by atoms with van der Waals surface area (Å²) in [7, 11) is 0. The largest absolute Gasteiger partial charge is 0.453 e. The Balaban J connectivity index is 1.54. The van der Waals surface area contributed by atoms with Crippen molar-refractivity contribution in [1.82, 2.24) is 24.8 Å². The summed E-state index contributed by atoms with van der Waals surface area (Å²) < 4.78 is 27.1. The molecular formula is C26H26ClFN6O3S. The first-order chi connectivity index (χ1) is 18.2. The number of benzene rings is 1. The number of pyridine rings is 2. The maximum atomic E-state index is 16.1. The third-order valence-corrected chi connectivity index (χ3v) is 6.50. The van der Waals surface area contributed by atoms with E-state index in [9.17, 15) is 4.79 Å². The SMILES string of the molecule is CC(C)(C)OC(=O)N1CCN(c2nc(OCS)nc3c(F)c(-c4cncc5cccc(Cl)c45)ncc23)CC1. The van der Waals surface area contributed by atoms with E-state index in [0.29, 0.717) is 53.4 Å². The van der Waals surface area contributed by atoms with Crippen molar-refractivity contribution < 1.29 is 18.7 Å². The Morgan fingerprint density at radius 1 is 1.13 bits per heavy atom. The van der Waals surface area contributed by atoms with Gasteiger partial charge in [0.05, 0.1) is 5.39 Å². The second kappa shape index (κ2) is 10.4. The minimum absolute atomic E-state index is 0.0119. The molecule has 3 aromatic heterocycles. The van der Waals surface area contributed by atoms with E-state index in [1.807, 2.05) is 37.8 Å². The normalized spacial score (nSPS) is 14.3. The number of hydrogen-bond donors (Lipinski definition) is 1. The second-order valence-electron chi connectivity index (χ2n) is 9.77. The van der Waals surface area contributed by atoms with Crippen LogP contribution in [0.4, 0.5) is 15.0 Å². The Kier molecular flexibility index (Phi) is 7.15. The van der Waals surface area contributed by atoms with Gasteiger partial charge >= 0.3 is 12.1 Å². The lowest BCUT2D eigenvalue weighted by atomic mass is 10.0. The lowest BCUT2D eigenvalue weighted by Crippen LogP contribution is -2.50. The highest BCUT2D eigenvalue weighted by Crippen LogP contribution is 2.36. The van der Waals surface area contributed by atoms with Crippen molar-refractivity contribution in [3.8, 4) is 17.3 Å². The van der Waals surface area contributed by atoms with Crippen molar-refractivity contribution in [2.45, 2.75) is 26.4 Å². The molecule has 9 nitrogen and oxygen atoms in total. The van der Waals surface area contributed by atoms with E-state index in [2.05, 4.69) is 32.6 Å². The zero-order valence-corrected chi connectivity index (χ0v) is 22.8. The van der Waals surface area contributed by atoms with Crippen LogP contribution in [-0.2, 0) is 4.74 Å². The summed E-state index contributed by atoms with van der Waals surface area (Å²) in [5.74, 6) is -0.167. The number of fused-ring (bicyclic) bond motifs is 2. The molecule has 1 aliphatic rings. The standard InChI is InChI=1S/C26H26ClFN6O3S/c1-26(2,3)37-25(35)34-9-7-33(8-10-34)23-17-13-30-21(20(28)22(17)31-24(32-23)36-14-38)16-12-29-11-15-5-4-6-18(27)19(15)16/h4-6,11-13,38H,7-10,14H2,1-3H3. The number of hydrogen-bond acceptors (Lipinski definition) is 9. The number of halogens is 2. The summed E-state index contributed by atoms with van der Waals surface area (Å²) in [6, 6.07) is 5.39. The molecule has 1 aromatic carbocycles. The second-order valence-corrected chi connectivity index (χ2v) is 10.4. The van der Waals surface area contributed by atoms with Gasteiger partial charge in [-0.3, -0.25) is 9.97 Å². The van der Waals surface area contributed by atoms with Crippen LogP contribution in [0.15, 0.2) is 36.8 Å². The van der Waals surface area contributed by atoms with E-state index < -0.39 is 11.4 Å². The van der Waals surface area contributed by atoms with Crippen LogP contribution >= 0.6 is 24.2 Å². The van der Waals surface area contributed by atoms with Gasteiger partial charge in [-0.15, -0.1) is 12.6 Å². The average molecular weight is 557 g/mol. The van der Waals surface area contributed by atoms with Gasteiger partial charge in [-0.1, -0.05) is 23.7 Å². The number of ether oxygens (including phenoxy) is 2. The molecule has 0 saturated carbocycles. The maximum Gasteiger partial charge on any atom is 0.410 e. The van der Waals surface area contributed by atoms with Gasteiger partial charge < -0.3 is 19.3 Å². The highest BCUT2D eigenvalue weighted by atomic mass is 35.5. The summed E-state index contributed by atoms with van der Waals surface area (Å²) in [6.45, 7) is 7.23. The number of anilines is 1. The Bertz CT molecular complexity index is 1520. The van der Waals surface area contributed by atoms with Gasteiger partial charge in [-0.25, -0.2) is 9.18 Å². The first-order valence-corrected chi connectivity index (χ1v) is 13.0. The molecule has 198 valence electrons. The zero-order valence-electron chi connectivity index (χ0n) is 21.1. The summed E-state index contributed by atoms with van der Waals surface area (Å²) in [4.78, 5) is 33.7. The van der Waals surface area contributed by atoms with Crippen LogP contribution in [-0.4, -0.2) is 68.6 Å². The topological polar surface area (TPSA) is 93.6 Å². The monoisotopic (exact) mass is 556 g/mol. The minimum atomic E-state index is -0.642. The fraction of sp³-hybridized carbons (Fsp3) is 0.346. The first-order valence-electron chi connectivity index (χ1n) is 12.0. The highest BCUT2D eigenvalue weighted by molar-refractivity contribution is 7.80. The fourth-order valence-electron chi connectivity index (χ4n) is 4.37. The van der Waals surface area contributed by atoms with Crippen molar-refractivity contribution in [3.63, 3.8) is 0 Å². The van der Waals surface area contributed by atoms with Crippen molar-refractivity contribution >= 4 is 57.8 Å². The molecule has 0 bridgehead atoms. The van der Waals surface area contributed by atoms with Gasteiger partial charge in [0.15, 0.2) is 5.82 Å². The predicted molar refractivity (Wildman–Crippen MR) is 148 cm³/mol. The maximum absolute atomic E-state index is 16.1. The van der Waals surface area contributed by atoms with Crippen molar-refractivity contribution in [1.29, 1.82) is 0 Å². The van der Waals surface area contributed by atoms with Crippen LogP contribution in [0.5, 0.6) is 6.01 Å².